The van der Waals surface area contributed by atoms with E-state index < -0.39 is 5.97 Å². The Bertz CT molecular complexity index is 503. The van der Waals surface area contributed by atoms with E-state index in [-0.39, 0.29) is 11.0 Å². The number of aromatic nitrogens is 1. The van der Waals surface area contributed by atoms with Gasteiger partial charge in [-0.25, -0.2) is 9.78 Å². The van der Waals surface area contributed by atoms with E-state index in [0.29, 0.717) is 11.7 Å². The number of hydrogen-bond donors (Lipinski definition) is 2. The summed E-state index contributed by atoms with van der Waals surface area (Å²) in [6.45, 7) is 8.45. The number of aromatic carboxylic acids is 1. The fourth-order valence-electron chi connectivity index (χ4n) is 2.35. The van der Waals surface area contributed by atoms with Gasteiger partial charge in [0.05, 0.1) is 12.2 Å². The Labute approximate surface area is 125 Å². The van der Waals surface area contributed by atoms with Crippen LogP contribution in [-0.4, -0.2) is 35.8 Å². The lowest BCUT2D eigenvalue weighted by molar-refractivity contribution is 0.0594. The van der Waals surface area contributed by atoms with Gasteiger partial charge >= 0.3 is 5.97 Å². The highest BCUT2D eigenvalue weighted by molar-refractivity contribution is 5.88. The third kappa shape index (κ3) is 4.43. The second-order valence-corrected chi connectivity index (χ2v) is 6.65. The van der Waals surface area contributed by atoms with Crippen LogP contribution in [-0.2, 0) is 10.2 Å². The van der Waals surface area contributed by atoms with Crippen LogP contribution in [0.3, 0.4) is 0 Å². The van der Waals surface area contributed by atoms with Crippen LogP contribution in [0.15, 0.2) is 12.1 Å². The molecule has 1 aromatic rings. The molecule has 1 aromatic heterocycles. The second-order valence-electron chi connectivity index (χ2n) is 6.65. The molecule has 5 heteroatoms. The molecular weight excluding hydrogens is 268 g/mol. The lowest BCUT2D eigenvalue weighted by Gasteiger charge is -2.23. The normalized spacial score (nSPS) is 19.3. The summed E-state index contributed by atoms with van der Waals surface area (Å²) in [4.78, 5) is 15.8. The van der Waals surface area contributed by atoms with E-state index in [1.807, 2.05) is 20.8 Å². The van der Waals surface area contributed by atoms with E-state index in [1.54, 1.807) is 12.1 Å². The number of hydrogen-bond acceptors (Lipinski definition) is 4. The van der Waals surface area contributed by atoms with E-state index in [9.17, 15) is 9.90 Å². The third-order valence-corrected chi connectivity index (χ3v) is 3.67. The van der Waals surface area contributed by atoms with Crippen molar-refractivity contribution in [3.05, 3.63) is 23.4 Å². The maximum Gasteiger partial charge on any atom is 0.335 e. The predicted octanol–water partition coefficient (Wildman–Crippen LogP) is 2.92. The zero-order chi connectivity index (χ0) is 15.5. The fourth-order valence-corrected chi connectivity index (χ4v) is 2.35. The Hall–Kier alpha value is -1.62. The van der Waals surface area contributed by atoms with Crippen LogP contribution >= 0.6 is 0 Å². The van der Waals surface area contributed by atoms with Gasteiger partial charge in [0.25, 0.3) is 0 Å². The van der Waals surface area contributed by atoms with Gasteiger partial charge in [0.15, 0.2) is 0 Å². The van der Waals surface area contributed by atoms with Gasteiger partial charge in [0.1, 0.15) is 5.82 Å². The molecule has 0 radical (unpaired) electrons. The number of nitrogens with zero attached hydrogens (tertiary/aromatic N) is 1. The van der Waals surface area contributed by atoms with Gasteiger partial charge in [-0.15, -0.1) is 0 Å². The summed E-state index contributed by atoms with van der Waals surface area (Å²) in [6.07, 6.45) is 2.22. The summed E-state index contributed by atoms with van der Waals surface area (Å²) in [5, 5.41) is 12.5. The highest BCUT2D eigenvalue weighted by atomic mass is 16.5. The van der Waals surface area contributed by atoms with Crippen LogP contribution in [0, 0.1) is 5.92 Å². The van der Waals surface area contributed by atoms with Crippen molar-refractivity contribution >= 4 is 11.8 Å². The lowest BCUT2D eigenvalue weighted by Crippen LogP contribution is -2.25. The predicted molar refractivity (Wildman–Crippen MR) is 81.9 cm³/mol. The summed E-state index contributed by atoms with van der Waals surface area (Å²) in [6, 6.07) is 3.25. The molecule has 1 aliphatic rings. The molecule has 116 valence electrons. The third-order valence-electron chi connectivity index (χ3n) is 3.67. The quantitative estimate of drug-likeness (QED) is 0.892. The molecule has 2 heterocycles. The minimum Gasteiger partial charge on any atom is -0.478 e. The monoisotopic (exact) mass is 292 g/mol. The number of carboxylic acid groups (broad SMARTS) is 1. The number of nitrogens with one attached hydrogen (secondary N) is 1. The molecule has 0 bridgehead atoms. The summed E-state index contributed by atoms with van der Waals surface area (Å²) in [5.41, 5.74) is 0.873. The molecule has 0 aromatic carbocycles. The van der Waals surface area contributed by atoms with E-state index >= 15 is 0 Å². The Morgan fingerprint density at radius 3 is 2.81 bits per heavy atom. The van der Waals surface area contributed by atoms with Crippen molar-refractivity contribution < 1.29 is 14.6 Å². The number of anilines is 1. The molecule has 2 N–H and O–H groups in total. The number of carbonyl (C=O) groups is 1. The first-order chi connectivity index (χ1) is 9.86. The van der Waals surface area contributed by atoms with Gasteiger partial charge in [-0.3, -0.25) is 0 Å². The topological polar surface area (TPSA) is 71.5 Å². The SMILES string of the molecule is CC(C)(C)c1cc(C(=O)O)cc(NCC2CCCOC2)n1. The first-order valence-corrected chi connectivity index (χ1v) is 7.44. The molecule has 1 aliphatic heterocycles. The number of rotatable bonds is 4. The average molecular weight is 292 g/mol. The zero-order valence-electron chi connectivity index (χ0n) is 13.0. The Kier molecular flexibility index (Phi) is 4.83. The highest BCUT2D eigenvalue weighted by Gasteiger charge is 2.20. The summed E-state index contributed by atoms with van der Waals surface area (Å²) < 4.78 is 5.46. The first kappa shape index (κ1) is 15.8. The minimum absolute atomic E-state index is 0.185. The minimum atomic E-state index is -0.924. The summed E-state index contributed by atoms with van der Waals surface area (Å²) >= 11 is 0. The van der Waals surface area contributed by atoms with Crippen LogP contribution in [0.4, 0.5) is 5.82 Å². The molecule has 0 amide bonds. The largest absolute Gasteiger partial charge is 0.478 e. The summed E-state index contributed by atoms with van der Waals surface area (Å²) in [5.74, 6) is 0.171. The molecule has 1 fully saturated rings. The molecule has 1 saturated heterocycles. The van der Waals surface area contributed by atoms with E-state index in [2.05, 4.69) is 10.3 Å². The molecule has 2 rings (SSSR count). The van der Waals surface area contributed by atoms with Gasteiger partial charge in [0.2, 0.25) is 0 Å². The molecule has 1 unspecified atom stereocenters. The van der Waals surface area contributed by atoms with E-state index in [1.165, 1.54) is 0 Å². The van der Waals surface area contributed by atoms with E-state index in [4.69, 9.17) is 4.74 Å². The van der Waals surface area contributed by atoms with Crippen molar-refractivity contribution in [1.29, 1.82) is 0 Å². The van der Waals surface area contributed by atoms with Crippen molar-refractivity contribution in [3.8, 4) is 0 Å². The maximum atomic E-state index is 11.3. The molecule has 21 heavy (non-hydrogen) atoms. The number of carboxylic acids is 1. The lowest BCUT2D eigenvalue weighted by atomic mass is 9.90. The van der Waals surface area contributed by atoms with Crippen LogP contribution < -0.4 is 5.32 Å². The summed E-state index contributed by atoms with van der Waals surface area (Å²) in [7, 11) is 0. The van der Waals surface area contributed by atoms with Gasteiger partial charge < -0.3 is 15.2 Å². The smallest absolute Gasteiger partial charge is 0.335 e. The number of ether oxygens (including phenoxy) is 1. The van der Waals surface area contributed by atoms with Gasteiger partial charge in [-0.2, -0.15) is 0 Å². The Balaban J connectivity index is 2.13. The van der Waals surface area contributed by atoms with Crippen molar-refractivity contribution in [2.24, 2.45) is 5.92 Å². The molecule has 0 saturated carbocycles. The van der Waals surface area contributed by atoms with Crippen LogP contribution in [0.2, 0.25) is 0 Å². The van der Waals surface area contributed by atoms with Crippen molar-refractivity contribution in [2.45, 2.75) is 39.0 Å². The van der Waals surface area contributed by atoms with Gasteiger partial charge in [-0.05, 0) is 30.9 Å². The Morgan fingerprint density at radius 1 is 1.48 bits per heavy atom. The van der Waals surface area contributed by atoms with E-state index in [0.717, 1.165) is 38.3 Å². The molecule has 0 spiro atoms. The van der Waals surface area contributed by atoms with Crippen molar-refractivity contribution in [2.75, 3.05) is 25.1 Å². The molecular formula is C16H24N2O3. The molecule has 0 aliphatic carbocycles. The molecule has 1 atom stereocenters. The van der Waals surface area contributed by atoms with Crippen molar-refractivity contribution in [1.82, 2.24) is 4.98 Å². The zero-order valence-corrected chi connectivity index (χ0v) is 13.0. The van der Waals surface area contributed by atoms with Crippen LogP contribution in [0.1, 0.15) is 49.7 Å². The van der Waals surface area contributed by atoms with Gasteiger partial charge in [-0.1, -0.05) is 20.8 Å². The van der Waals surface area contributed by atoms with Crippen LogP contribution in [0.5, 0.6) is 0 Å². The van der Waals surface area contributed by atoms with Crippen molar-refractivity contribution in [3.63, 3.8) is 0 Å². The maximum absolute atomic E-state index is 11.3. The van der Waals surface area contributed by atoms with Gasteiger partial charge in [0, 0.05) is 24.3 Å². The highest BCUT2D eigenvalue weighted by Crippen LogP contribution is 2.24. The number of pyridine rings is 1. The first-order valence-electron chi connectivity index (χ1n) is 7.44. The Morgan fingerprint density at radius 2 is 2.24 bits per heavy atom. The molecule has 5 nitrogen and oxygen atoms in total. The van der Waals surface area contributed by atoms with Crippen LogP contribution in [0.25, 0.3) is 0 Å². The fraction of sp³-hybridized carbons (Fsp3) is 0.625. The standard InChI is InChI=1S/C16H24N2O3/c1-16(2,3)13-7-12(15(19)20)8-14(18-13)17-9-11-5-4-6-21-10-11/h7-8,11H,4-6,9-10H2,1-3H3,(H,17,18)(H,19,20). The second kappa shape index (κ2) is 6.43. The average Bonchev–Trinajstić information content (AvgIpc) is 2.45.